The third-order valence-corrected chi connectivity index (χ3v) is 5.70. The summed E-state index contributed by atoms with van der Waals surface area (Å²) in [6, 6.07) is 9.28. The van der Waals surface area contributed by atoms with Crippen LogP contribution in [0.15, 0.2) is 24.3 Å². The summed E-state index contributed by atoms with van der Waals surface area (Å²) in [6.07, 6.45) is 6.60. The number of aliphatic hydroxyl groups excluding tert-OH is 1. The zero-order valence-corrected chi connectivity index (χ0v) is 17.9. The zero-order chi connectivity index (χ0) is 20.8. The predicted octanol–water partition coefficient (Wildman–Crippen LogP) is 3.91. The second kappa shape index (κ2) is 10.0. The van der Waals surface area contributed by atoms with E-state index in [1.165, 1.54) is 25.7 Å². The monoisotopic (exact) mass is 397 g/mol. The molecule has 6 heteroatoms. The Kier molecular flexibility index (Phi) is 7.45. The van der Waals surface area contributed by atoms with Crippen LogP contribution in [0.4, 0.5) is 5.82 Å². The average Bonchev–Trinajstić information content (AvgIpc) is 3.19. The quantitative estimate of drug-likeness (QED) is 0.251. The van der Waals surface area contributed by atoms with E-state index in [1.54, 1.807) is 6.92 Å². The molecule has 0 saturated heterocycles. The third-order valence-electron chi connectivity index (χ3n) is 5.70. The van der Waals surface area contributed by atoms with Gasteiger partial charge in [-0.3, -0.25) is 5.41 Å². The maximum absolute atomic E-state index is 9.65. The summed E-state index contributed by atoms with van der Waals surface area (Å²) in [5.41, 5.74) is 2.74. The summed E-state index contributed by atoms with van der Waals surface area (Å²) >= 11 is 0. The summed E-state index contributed by atoms with van der Waals surface area (Å²) in [6.45, 7) is 6.68. The average molecular weight is 398 g/mol. The number of rotatable bonds is 9. The van der Waals surface area contributed by atoms with E-state index in [0.717, 1.165) is 35.9 Å². The first kappa shape index (κ1) is 21.5. The highest BCUT2D eigenvalue weighted by Gasteiger charge is 2.18. The predicted molar refractivity (Wildman–Crippen MR) is 121 cm³/mol. The second-order valence-electron chi connectivity index (χ2n) is 8.24. The topological polar surface area (TPSA) is 93.1 Å². The number of nitrogens with one attached hydrogen (secondary N) is 4. The molecule has 1 aliphatic carbocycles. The minimum absolute atomic E-state index is 0.175. The molecule has 0 bridgehead atoms. The molecule has 1 heterocycles. The molecule has 2 aromatic rings. The summed E-state index contributed by atoms with van der Waals surface area (Å²) < 4.78 is 0. The molecule has 2 unspecified atom stereocenters. The lowest BCUT2D eigenvalue weighted by Crippen LogP contribution is -2.37. The molecule has 6 nitrogen and oxygen atoms in total. The Balaban J connectivity index is 1.73. The molecular weight excluding hydrogens is 362 g/mol. The van der Waals surface area contributed by atoms with E-state index in [4.69, 9.17) is 10.4 Å². The molecular formula is C23H35N5O. The van der Waals surface area contributed by atoms with Crippen LogP contribution >= 0.6 is 0 Å². The van der Waals surface area contributed by atoms with Gasteiger partial charge >= 0.3 is 0 Å². The van der Waals surface area contributed by atoms with Gasteiger partial charge in [0.25, 0.3) is 0 Å². The van der Waals surface area contributed by atoms with Gasteiger partial charge in [0.2, 0.25) is 0 Å². The van der Waals surface area contributed by atoms with Crippen LogP contribution in [0.1, 0.15) is 63.5 Å². The van der Waals surface area contributed by atoms with E-state index < -0.39 is 6.23 Å². The molecule has 0 radical (unpaired) electrons. The van der Waals surface area contributed by atoms with Crippen LogP contribution in [-0.2, 0) is 0 Å². The number of amidine groups is 1. The molecule has 1 saturated carbocycles. The van der Waals surface area contributed by atoms with Crippen LogP contribution in [0.3, 0.4) is 0 Å². The smallest absolute Gasteiger partial charge is 0.137 e. The first-order chi connectivity index (χ1) is 14.0. The molecule has 0 spiro atoms. The van der Waals surface area contributed by atoms with E-state index >= 15 is 0 Å². The van der Waals surface area contributed by atoms with Gasteiger partial charge < -0.3 is 21.1 Å². The summed E-state index contributed by atoms with van der Waals surface area (Å²) in [5.74, 6) is 0.866. The Labute approximate surface area is 174 Å². The van der Waals surface area contributed by atoms with E-state index in [0.29, 0.717) is 23.5 Å². The second-order valence-corrected chi connectivity index (χ2v) is 8.24. The third kappa shape index (κ3) is 5.90. The summed E-state index contributed by atoms with van der Waals surface area (Å²) in [4.78, 5) is 4.78. The van der Waals surface area contributed by atoms with Crippen molar-refractivity contribution in [3.05, 3.63) is 35.4 Å². The standard InChI is InChI=1S/C23H35N5O/c1-4-18(27-19-7-5-6-8-19)11-12-25-23-20(22(24)26-16(3)29)14-17-13-15(2)9-10-21(17)28-23/h9-10,13-14,16,18-19,27,29H,4-8,11-12H2,1-3H3,(H2,24,26)(H,25,28). The number of anilines is 1. The summed E-state index contributed by atoms with van der Waals surface area (Å²) in [5, 5.41) is 29.1. The van der Waals surface area contributed by atoms with Crippen molar-refractivity contribution in [2.75, 3.05) is 11.9 Å². The zero-order valence-electron chi connectivity index (χ0n) is 17.9. The van der Waals surface area contributed by atoms with Crippen molar-refractivity contribution in [1.82, 2.24) is 15.6 Å². The number of aliphatic hydroxyl groups is 1. The lowest BCUT2D eigenvalue weighted by molar-refractivity contribution is 0.180. The fraction of sp³-hybridized carbons (Fsp3) is 0.565. The maximum Gasteiger partial charge on any atom is 0.137 e. The van der Waals surface area contributed by atoms with E-state index in [9.17, 15) is 5.11 Å². The van der Waals surface area contributed by atoms with Gasteiger partial charge in [-0.15, -0.1) is 0 Å². The molecule has 2 atom stereocenters. The van der Waals surface area contributed by atoms with Crippen LogP contribution in [0.2, 0.25) is 0 Å². The van der Waals surface area contributed by atoms with Crippen molar-refractivity contribution < 1.29 is 5.11 Å². The first-order valence-electron chi connectivity index (χ1n) is 10.9. The van der Waals surface area contributed by atoms with Gasteiger partial charge in [0.05, 0.1) is 11.1 Å². The SMILES string of the molecule is CCC(CCNc1nc2ccc(C)cc2cc1C(=N)NC(C)O)NC1CCCC1. The van der Waals surface area contributed by atoms with Gasteiger partial charge in [-0.1, -0.05) is 31.4 Å². The lowest BCUT2D eigenvalue weighted by Gasteiger charge is -2.22. The molecule has 1 aliphatic rings. The number of hydrogen-bond acceptors (Lipinski definition) is 5. The number of fused-ring (bicyclic) bond motifs is 1. The van der Waals surface area contributed by atoms with Crippen LogP contribution < -0.4 is 16.0 Å². The maximum atomic E-state index is 9.65. The number of pyridine rings is 1. The molecule has 1 fully saturated rings. The molecule has 0 aliphatic heterocycles. The molecule has 1 aromatic heterocycles. The molecule has 3 rings (SSSR count). The molecule has 29 heavy (non-hydrogen) atoms. The van der Waals surface area contributed by atoms with Crippen LogP contribution in [0, 0.1) is 12.3 Å². The highest BCUT2D eigenvalue weighted by molar-refractivity contribution is 6.03. The van der Waals surface area contributed by atoms with Gasteiger partial charge in [-0.05, 0) is 57.7 Å². The number of benzene rings is 1. The van der Waals surface area contributed by atoms with Gasteiger partial charge in [0.1, 0.15) is 17.9 Å². The normalized spacial score (nSPS) is 16.7. The number of aryl methyl sites for hydroxylation is 1. The Morgan fingerprint density at radius 1 is 1.28 bits per heavy atom. The summed E-state index contributed by atoms with van der Waals surface area (Å²) in [7, 11) is 0. The number of nitrogens with zero attached hydrogens (tertiary/aromatic N) is 1. The van der Waals surface area contributed by atoms with Crippen molar-refractivity contribution in [2.45, 2.75) is 77.6 Å². The Morgan fingerprint density at radius 2 is 2.03 bits per heavy atom. The van der Waals surface area contributed by atoms with Gasteiger partial charge in [0, 0.05) is 24.0 Å². The van der Waals surface area contributed by atoms with Crippen LogP contribution in [0.5, 0.6) is 0 Å². The van der Waals surface area contributed by atoms with E-state index in [-0.39, 0.29) is 5.84 Å². The van der Waals surface area contributed by atoms with Crippen LogP contribution in [0.25, 0.3) is 10.9 Å². The van der Waals surface area contributed by atoms with E-state index in [1.807, 2.05) is 19.1 Å². The van der Waals surface area contributed by atoms with Crippen molar-refractivity contribution in [3.63, 3.8) is 0 Å². The molecule has 0 amide bonds. The molecule has 5 N–H and O–H groups in total. The molecule has 1 aromatic carbocycles. The largest absolute Gasteiger partial charge is 0.374 e. The fourth-order valence-corrected chi connectivity index (χ4v) is 4.10. The van der Waals surface area contributed by atoms with Gasteiger partial charge in [0.15, 0.2) is 0 Å². The van der Waals surface area contributed by atoms with Gasteiger partial charge in [-0.25, -0.2) is 4.98 Å². The van der Waals surface area contributed by atoms with Crippen LogP contribution in [-0.4, -0.2) is 40.8 Å². The Bertz CT molecular complexity index is 829. The Hall–Kier alpha value is -2.18. The van der Waals surface area contributed by atoms with Crippen molar-refractivity contribution >= 4 is 22.6 Å². The number of hydrogen-bond donors (Lipinski definition) is 5. The Morgan fingerprint density at radius 3 is 2.72 bits per heavy atom. The van der Waals surface area contributed by atoms with Gasteiger partial charge in [-0.2, -0.15) is 0 Å². The minimum atomic E-state index is -0.788. The highest BCUT2D eigenvalue weighted by atomic mass is 16.3. The van der Waals surface area contributed by atoms with E-state index in [2.05, 4.69) is 35.0 Å². The minimum Gasteiger partial charge on any atom is -0.374 e. The fourth-order valence-electron chi connectivity index (χ4n) is 4.10. The molecule has 158 valence electrons. The first-order valence-corrected chi connectivity index (χ1v) is 10.9. The number of aromatic nitrogens is 1. The lowest BCUT2D eigenvalue weighted by atomic mass is 10.1. The highest BCUT2D eigenvalue weighted by Crippen LogP contribution is 2.23. The van der Waals surface area contributed by atoms with Crippen molar-refractivity contribution in [1.29, 1.82) is 5.41 Å². The van der Waals surface area contributed by atoms with Crippen molar-refractivity contribution in [2.24, 2.45) is 0 Å². The van der Waals surface area contributed by atoms with Crippen molar-refractivity contribution in [3.8, 4) is 0 Å².